The zero-order valence-corrected chi connectivity index (χ0v) is 15.8. The van der Waals surface area contributed by atoms with Crippen molar-refractivity contribution in [1.29, 1.82) is 0 Å². The Balaban J connectivity index is 1.65. The van der Waals surface area contributed by atoms with Crippen molar-refractivity contribution in [2.24, 2.45) is 0 Å². The van der Waals surface area contributed by atoms with Crippen LogP contribution in [0, 0.1) is 17.0 Å². The van der Waals surface area contributed by atoms with E-state index in [0.717, 1.165) is 42.3 Å². The van der Waals surface area contributed by atoms with Gasteiger partial charge in [-0.15, -0.1) is 0 Å². The number of aryl methyl sites for hydroxylation is 1. The first-order valence-corrected chi connectivity index (χ1v) is 9.05. The van der Waals surface area contributed by atoms with Gasteiger partial charge < -0.3 is 9.64 Å². The molecule has 1 aliphatic rings. The quantitative estimate of drug-likeness (QED) is 0.507. The number of nitrogens with zero attached hydrogens (tertiary/aromatic N) is 4. The van der Waals surface area contributed by atoms with Gasteiger partial charge in [0.05, 0.1) is 12.0 Å². The van der Waals surface area contributed by atoms with Crippen molar-refractivity contribution in [3.05, 3.63) is 75.5 Å². The molecule has 1 aliphatic heterocycles. The minimum atomic E-state index is -0.411. The molecule has 2 aromatic carbocycles. The van der Waals surface area contributed by atoms with E-state index in [-0.39, 0.29) is 5.69 Å². The molecule has 4 rings (SSSR count). The number of hydrogen-bond donors (Lipinski definition) is 0. The van der Waals surface area contributed by atoms with Crippen molar-refractivity contribution in [3.63, 3.8) is 0 Å². The maximum absolute atomic E-state index is 10.9. The summed E-state index contributed by atoms with van der Waals surface area (Å²) in [6.07, 6.45) is 0.884. The number of aromatic nitrogens is 2. The first-order chi connectivity index (χ1) is 13.5. The second kappa shape index (κ2) is 7.26. The normalized spacial score (nSPS) is 13.1. The van der Waals surface area contributed by atoms with Crippen molar-refractivity contribution >= 4 is 11.5 Å². The molecule has 0 fully saturated rings. The fraction of sp³-hybridized carbons (Fsp3) is 0.238. The molecule has 142 valence electrons. The monoisotopic (exact) mass is 376 g/mol. The molecular formula is C21H20N4O3. The minimum absolute atomic E-state index is 0.0539. The maximum Gasteiger partial charge on any atom is 0.269 e. The van der Waals surface area contributed by atoms with E-state index in [1.165, 1.54) is 23.3 Å². The summed E-state index contributed by atoms with van der Waals surface area (Å²) in [6, 6.07) is 14.4. The topological polar surface area (TPSA) is 81.4 Å². The van der Waals surface area contributed by atoms with Crippen molar-refractivity contribution in [1.82, 2.24) is 9.97 Å². The van der Waals surface area contributed by atoms with Gasteiger partial charge in [0.2, 0.25) is 0 Å². The summed E-state index contributed by atoms with van der Waals surface area (Å²) in [5.41, 5.74) is 4.16. The fourth-order valence-electron chi connectivity index (χ4n) is 3.54. The number of benzene rings is 2. The number of rotatable bonds is 4. The minimum Gasteiger partial charge on any atom is -0.496 e. The average molecular weight is 376 g/mol. The predicted octanol–water partition coefficient (Wildman–Crippen LogP) is 3.93. The Morgan fingerprint density at radius 1 is 1.14 bits per heavy atom. The Morgan fingerprint density at radius 3 is 2.64 bits per heavy atom. The highest BCUT2D eigenvalue weighted by Crippen LogP contribution is 2.30. The van der Waals surface area contributed by atoms with Gasteiger partial charge in [-0.05, 0) is 37.1 Å². The molecule has 0 atom stereocenters. The van der Waals surface area contributed by atoms with Gasteiger partial charge in [0.15, 0.2) is 5.82 Å². The van der Waals surface area contributed by atoms with Crippen LogP contribution in [0.25, 0.3) is 11.4 Å². The predicted molar refractivity (Wildman–Crippen MR) is 107 cm³/mol. The molecule has 0 bridgehead atoms. The van der Waals surface area contributed by atoms with Crippen LogP contribution in [-0.4, -0.2) is 28.5 Å². The van der Waals surface area contributed by atoms with E-state index in [9.17, 15) is 10.1 Å². The zero-order valence-electron chi connectivity index (χ0n) is 15.8. The van der Waals surface area contributed by atoms with E-state index in [2.05, 4.69) is 16.0 Å². The molecule has 0 aliphatic carbocycles. The third kappa shape index (κ3) is 3.38. The lowest BCUT2D eigenvalue weighted by molar-refractivity contribution is -0.384. The summed E-state index contributed by atoms with van der Waals surface area (Å²) in [5.74, 6) is 2.36. The van der Waals surface area contributed by atoms with Crippen LogP contribution in [0.5, 0.6) is 5.75 Å². The molecular weight excluding hydrogens is 356 g/mol. The third-order valence-corrected chi connectivity index (χ3v) is 4.94. The van der Waals surface area contributed by atoms with E-state index in [1.807, 2.05) is 25.1 Å². The third-order valence-electron chi connectivity index (χ3n) is 4.94. The number of nitro groups is 1. The van der Waals surface area contributed by atoms with Gasteiger partial charge in [-0.3, -0.25) is 10.1 Å². The highest BCUT2D eigenvalue weighted by Gasteiger charge is 2.21. The van der Waals surface area contributed by atoms with E-state index < -0.39 is 4.92 Å². The van der Waals surface area contributed by atoms with E-state index in [4.69, 9.17) is 9.72 Å². The Kier molecular flexibility index (Phi) is 4.65. The number of non-ortho nitro benzene ring substituents is 1. The van der Waals surface area contributed by atoms with E-state index in [1.54, 1.807) is 19.2 Å². The lowest BCUT2D eigenvalue weighted by Gasteiger charge is -2.31. The average Bonchev–Trinajstić information content (AvgIpc) is 2.72. The Labute approximate surface area is 162 Å². The summed E-state index contributed by atoms with van der Waals surface area (Å²) in [4.78, 5) is 21.9. The molecule has 3 aromatic rings. The molecule has 0 saturated carbocycles. The van der Waals surface area contributed by atoms with Gasteiger partial charge in [0.1, 0.15) is 11.6 Å². The van der Waals surface area contributed by atoms with Gasteiger partial charge in [0.25, 0.3) is 5.69 Å². The highest BCUT2D eigenvalue weighted by molar-refractivity contribution is 5.60. The molecule has 7 heteroatoms. The van der Waals surface area contributed by atoms with Gasteiger partial charge in [0, 0.05) is 48.1 Å². The second-order valence-corrected chi connectivity index (χ2v) is 6.76. The molecule has 28 heavy (non-hydrogen) atoms. The summed E-state index contributed by atoms with van der Waals surface area (Å²) in [7, 11) is 1.70. The van der Waals surface area contributed by atoms with Gasteiger partial charge in [-0.25, -0.2) is 9.97 Å². The number of ether oxygens (including phenoxy) is 1. The van der Waals surface area contributed by atoms with Crippen molar-refractivity contribution in [3.8, 4) is 17.1 Å². The molecule has 2 heterocycles. The van der Waals surface area contributed by atoms with Crippen LogP contribution in [0.1, 0.15) is 16.8 Å². The SMILES string of the molecule is COc1cccc2c1CCN(c1cc(C)nc(-c3ccc([N+](=O)[O-])cc3)n1)C2. The summed E-state index contributed by atoms with van der Waals surface area (Å²) in [6.45, 7) is 3.52. The van der Waals surface area contributed by atoms with Crippen LogP contribution >= 0.6 is 0 Å². The van der Waals surface area contributed by atoms with Gasteiger partial charge in [-0.1, -0.05) is 12.1 Å². The largest absolute Gasteiger partial charge is 0.496 e. The van der Waals surface area contributed by atoms with Crippen LogP contribution in [0.4, 0.5) is 11.5 Å². The molecule has 7 nitrogen and oxygen atoms in total. The molecule has 0 radical (unpaired) electrons. The lowest BCUT2D eigenvalue weighted by atomic mass is 9.98. The highest BCUT2D eigenvalue weighted by atomic mass is 16.6. The molecule has 0 unspecified atom stereocenters. The van der Waals surface area contributed by atoms with Crippen LogP contribution in [0.3, 0.4) is 0 Å². The van der Waals surface area contributed by atoms with Crippen molar-refractivity contribution < 1.29 is 9.66 Å². The smallest absolute Gasteiger partial charge is 0.269 e. The molecule has 0 amide bonds. The molecule has 0 saturated heterocycles. The van der Waals surface area contributed by atoms with E-state index >= 15 is 0 Å². The molecule has 0 spiro atoms. The Morgan fingerprint density at radius 2 is 1.93 bits per heavy atom. The summed E-state index contributed by atoms with van der Waals surface area (Å²) < 4.78 is 5.48. The summed E-state index contributed by atoms with van der Waals surface area (Å²) in [5, 5.41) is 10.9. The maximum atomic E-state index is 10.9. The molecule has 0 N–H and O–H groups in total. The van der Waals surface area contributed by atoms with Crippen molar-refractivity contribution in [2.75, 3.05) is 18.6 Å². The van der Waals surface area contributed by atoms with Crippen molar-refractivity contribution in [2.45, 2.75) is 19.9 Å². The standard InChI is InChI=1S/C21H20N4O3/c1-14-12-20(23-21(22-14)15-6-8-17(9-7-15)25(26)27)24-11-10-18-16(13-24)4-3-5-19(18)28-2/h3-9,12H,10-11,13H2,1-2H3. The summed E-state index contributed by atoms with van der Waals surface area (Å²) >= 11 is 0. The first-order valence-electron chi connectivity index (χ1n) is 9.05. The number of fused-ring (bicyclic) bond motifs is 1. The van der Waals surface area contributed by atoms with Crippen LogP contribution in [0.15, 0.2) is 48.5 Å². The Bertz CT molecular complexity index is 1030. The number of hydrogen-bond acceptors (Lipinski definition) is 6. The number of nitro benzene ring substituents is 1. The second-order valence-electron chi connectivity index (χ2n) is 6.76. The fourth-order valence-corrected chi connectivity index (χ4v) is 3.54. The van der Waals surface area contributed by atoms with Crippen LogP contribution < -0.4 is 9.64 Å². The zero-order chi connectivity index (χ0) is 19.7. The van der Waals surface area contributed by atoms with Crippen LogP contribution in [-0.2, 0) is 13.0 Å². The van der Waals surface area contributed by atoms with Gasteiger partial charge in [-0.2, -0.15) is 0 Å². The number of methoxy groups -OCH3 is 1. The molecule has 1 aromatic heterocycles. The van der Waals surface area contributed by atoms with Crippen LogP contribution in [0.2, 0.25) is 0 Å². The first kappa shape index (κ1) is 17.9. The van der Waals surface area contributed by atoms with Gasteiger partial charge >= 0.3 is 0 Å². The lowest BCUT2D eigenvalue weighted by Crippen LogP contribution is -2.31. The van der Waals surface area contributed by atoms with E-state index in [0.29, 0.717) is 5.82 Å². The number of anilines is 1. The Hall–Kier alpha value is -3.48.